The second kappa shape index (κ2) is 11.1. The zero-order valence-corrected chi connectivity index (χ0v) is 18.8. The van der Waals surface area contributed by atoms with Crippen molar-refractivity contribution in [3.63, 3.8) is 0 Å². The lowest BCUT2D eigenvalue weighted by molar-refractivity contribution is 0.245. The molecule has 0 spiro atoms. The van der Waals surface area contributed by atoms with Gasteiger partial charge in [0.05, 0.1) is 0 Å². The van der Waals surface area contributed by atoms with E-state index in [0.29, 0.717) is 6.04 Å². The third-order valence-electron chi connectivity index (χ3n) is 6.41. The molecule has 0 radical (unpaired) electrons. The standard InChI is InChI=1S/C25H36N6/c1-26-25(28-18-22-12-13-27-24(17-22)30-14-6-3-7-15-30)29-19-23-11-8-16-31(23)20-21-9-4-2-5-10-21/h2,4-5,9-10,12-13,17,23H,3,6-8,11,14-16,18-20H2,1H3,(H2,26,28,29). The normalized spacial score (nSPS) is 20.1. The Morgan fingerprint density at radius 2 is 1.84 bits per heavy atom. The molecule has 6 heteroatoms. The average molecular weight is 421 g/mol. The SMILES string of the molecule is CN=C(NCc1ccnc(N2CCCCC2)c1)NCC1CCCN1Cc1ccccc1. The predicted octanol–water partition coefficient (Wildman–Crippen LogP) is 3.40. The minimum Gasteiger partial charge on any atom is -0.357 e. The summed E-state index contributed by atoms with van der Waals surface area (Å²) in [6.07, 6.45) is 8.30. The summed E-state index contributed by atoms with van der Waals surface area (Å²) in [5.41, 5.74) is 2.63. The zero-order valence-electron chi connectivity index (χ0n) is 18.8. The molecule has 1 aromatic heterocycles. The van der Waals surface area contributed by atoms with Gasteiger partial charge in [-0.15, -0.1) is 0 Å². The molecule has 2 aromatic rings. The van der Waals surface area contributed by atoms with Crippen molar-refractivity contribution in [1.82, 2.24) is 20.5 Å². The van der Waals surface area contributed by atoms with E-state index in [1.807, 2.05) is 13.2 Å². The number of nitrogens with zero attached hydrogens (tertiary/aromatic N) is 4. The predicted molar refractivity (Wildman–Crippen MR) is 128 cm³/mol. The summed E-state index contributed by atoms with van der Waals surface area (Å²) in [5.74, 6) is 1.97. The number of anilines is 1. The van der Waals surface area contributed by atoms with Crippen molar-refractivity contribution < 1.29 is 0 Å². The van der Waals surface area contributed by atoms with Crippen LogP contribution in [0.25, 0.3) is 0 Å². The van der Waals surface area contributed by atoms with Gasteiger partial charge in [-0.05, 0) is 61.9 Å². The lowest BCUT2D eigenvalue weighted by atomic mass is 10.1. The Morgan fingerprint density at radius 1 is 1.00 bits per heavy atom. The summed E-state index contributed by atoms with van der Waals surface area (Å²) in [4.78, 5) is 14.0. The molecule has 166 valence electrons. The highest BCUT2D eigenvalue weighted by Crippen LogP contribution is 2.20. The number of benzene rings is 1. The summed E-state index contributed by atoms with van der Waals surface area (Å²) >= 11 is 0. The van der Waals surface area contributed by atoms with Crippen LogP contribution in [-0.4, -0.2) is 55.1 Å². The van der Waals surface area contributed by atoms with E-state index in [4.69, 9.17) is 0 Å². The van der Waals surface area contributed by atoms with Gasteiger partial charge < -0.3 is 15.5 Å². The van der Waals surface area contributed by atoms with E-state index in [9.17, 15) is 0 Å². The molecule has 31 heavy (non-hydrogen) atoms. The van der Waals surface area contributed by atoms with E-state index in [1.54, 1.807) is 0 Å². The van der Waals surface area contributed by atoms with E-state index in [0.717, 1.165) is 44.5 Å². The quantitative estimate of drug-likeness (QED) is 0.531. The minimum atomic E-state index is 0.547. The van der Waals surface area contributed by atoms with Crippen LogP contribution < -0.4 is 15.5 Å². The molecule has 1 aromatic carbocycles. The van der Waals surface area contributed by atoms with Gasteiger partial charge >= 0.3 is 0 Å². The number of hydrogen-bond acceptors (Lipinski definition) is 4. The van der Waals surface area contributed by atoms with E-state index in [1.165, 1.54) is 49.8 Å². The van der Waals surface area contributed by atoms with Crippen LogP contribution in [-0.2, 0) is 13.1 Å². The zero-order chi connectivity index (χ0) is 21.3. The molecule has 2 saturated heterocycles. The third kappa shape index (κ3) is 6.20. The molecular formula is C25H36N6. The fraction of sp³-hybridized carbons (Fsp3) is 0.520. The number of piperidine rings is 1. The number of aromatic nitrogens is 1. The van der Waals surface area contributed by atoms with Gasteiger partial charge in [0.25, 0.3) is 0 Å². The maximum atomic E-state index is 4.59. The fourth-order valence-electron chi connectivity index (χ4n) is 4.64. The molecule has 0 amide bonds. The average Bonchev–Trinajstić information content (AvgIpc) is 3.27. The molecule has 1 atom stereocenters. The number of guanidine groups is 1. The van der Waals surface area contributed by atoms with Crippen LogP contribution in [0.2, 0.25) is 0 Å². The van der Waals surface area contributed by atoms with E-state index >= 15 is 0 Å². The largest absolute Gasteiger partial charge is 0.357 e. The minimum absolute atomic E-state index is 0.547. The smallest absolute Gasteiger partial charge is 0.191 e. The molecule has 2 N–H and O–H groups in total. The summed E-state index contributed by atoms with van der Waals surface area (Å²) in [5, 5.41) is 7.02. The molecule has 2 aliphatic rings. The first kappa shape index (κ1) is 21.6. The number of likely N-dealkylation sites (tertiary alicyclic amines) is 1. The van der Waals surface area contributed by atoms with Crippen molar-refractivity contribution in [3.8, 4) is 0 Å². The maximum absolute atomic E-state index is 4.59. The van der Waals surface area contributed by atoms with Gasteiger partial charge in [0.1, 0.15) is 5.82 Å². The Kier molecular flexibility index (Phi) is 7.77. The van der Waals surface area contributed by atoms with Crippen LogP contribution in [0.4, 0.5) is 5.82 Å². The van der Waals surface area contributed by atoms with Crippen LogP contribution in [0.1, 0.15) is 43.2 Å². The molecule has 0 saturated carbocycles. The summed E-state index contributed by atoms with van der Waals surface area (Å²) in [7, 11) is 1.84. The summed E-state index contributed by atoms with van der Waals surface area (Å²) in [6.45, 7) is 6.10. The van der Waals surface area contributed by atoms with E-state index in [2.05, 4.69) is 72.9 Å². The topological polar surface area (TPSA) is 55.8 Å². The molecule has 6 nitrogen and oxygen atoms in total. The van der Waals surface area contributed by atoms with Gasteiger partial charge in [-0.1, -0.05) is 30.3 Å². The van der Waals surface area contributed by atoms with Gasteiger partial charge in [-0.3, -0.25) is 9.89 Å². The van der Waals surface area contributed by atoms with Crippen LogP contribution in [0, 0.1) is 0 Å². The number of hydrogen-bond donors (Lipinski definition) is 2. The van der Waals surface area contributed by atoms with E-state index in [-0.39, 0.29) is 0 Å². The van der Waals surface area contributed by atoms with E-state index < -0.39 is 0 Å². The Hall–Kier alpha value is -2.60. The number of aliphatic imine (C=N–C) groups is 1. The Balaban J connectivity index is 1.26. The number of pyridine rings is 1. The molecular weight excluding hydrogens is 384 g/mol. The second-order valence-electron chi connectivity index (χ2n) is 8.63. The van der Waals surface area contributed by atoms with Crippen LogP contribution >= 0.6 is 0 Å². The second-order valence-corrected chi connectivity index (χ2v) is 8.63. The molecule has 3 heterocycles. The van der Waals surface area contributed by atoms with Crippen LogP contribution in [0.3, 0.4) is 0 Å². The highest BCUT2D eigenvalue weighted by atomic mass is 15.2. The highest BCUT2D eigenvalue weighted by molar-refractivity contribution is 5.79. The van der Waals surface area contributed by atoms with Gasteiger partial charge in [0.2, 0.25) is 0 Å². The van der Waals surface area contributed by atoms with Gasteiger partial charge in [0.15, 0.2) is 5.96 Å². The van der Waals surface area contributed by atoms with Crippen molar-refractivity contribution in [2.45, 2.75) is 51.2 Å². The molecule has 0 bridgehead atoms. The van der Waals surface area contributed by atoms with Crippen molar-refractivity contribution in [2.24, 2.45) is 4.99 Å². The monoisotopic (exact) mass is 420 g/mol. The van der Waals surface area contributed by atoms with Crippen molar-refractivity contribution >= 4 is 11.8 Å². The Labute approximate surface area is 186 Å². The molecule has 1 unspecified atom stereocenters. The highest BCUT2D eigenvalue weighted by Gasteiger charge is 2.24. The van der Waals surface area contributed by atoms with Crippen molar-refractivity contribution in [1.29, 1.82) is 0 Å². The van der Waals surface area contributed by atoms with Gasteiger partial charge in [-0.2, -0.15) is 0 Å². The van der Waals surface area contributed by atoms with Crippen LogP contribution in [0.5, 0.6) is 0 Å². The molecule has 2 aliphatic heterocycles. The molecule has 2 fully saturated rings. The van der Waals surface area contributed by atoms with Gasteiger partial charge in [-0.25, -0.2) is 4.98 Å². The van der Waals surface area contributed by atoms with Crippen molar-refractivity contribution in [2.75, 3.05) is 38.1 Å². The first-order chi connectivity index (χ1) is 15.3. The molecule has 4 rings (SSSR count). The first-order valence-electron chi connectivity index (χ1n) is 11.7. The lowest BCUT2D eigenvalue weighted by Crippen LogP contribution is -2.44. The maximum Gasteiger partial charge on any atom is 0.191 e. The first-order valence-corrected chi connectivity index (χ1v) is 11.7. The Bertz CT molecular complexity index is 831. The van der Waals surface area contributed by atoms with Gasteiger partial charge in [0, 0.05) is 52.0 Å². The third-order valence-corrected chi connectivity index (χ3v) is 6.41. The summed E-state index contributed by atoms with van der Waals surface area (Å²) < 4.78 is 0. The number of nitrogens with one attached hydrogen (secondary N) is 2. The lowest BCUT2D eigenvalue weighted by Gasteiger charge is -2.28. The van der Waals surface area contributed by atoms with Crippen molar-refractivity contribution in [3.05, 3.63) is 59.8 Å². The molecule has 0 aliphatic carbocycles. The van der Waals surface area contributed by atoms with Crippen LogP contribution in [0.15, 0.2) is 53.7 Å². The fourth-order valence-corrected chi connectivity index (χ4v) is 4.64. The summed E-state index contributed by atoms with van der Waals surface area (Å²) in [6, 6.07) is 15.6. The number of rotatable bonds is 7. The Morgan fingerprint density at radius 3 is 2.65 bits per heavy atom.